The van der Waals surface area contributed by atoms with E-state index in [0.717, 1.165) is 10.8 Å². The number of hydrogen-bond donors (Lipinski definition) is 3. The summed E-state index contributed by atoms with van der Waals surface area (Å²) in [6, 6.07) is -0.448. The average Bonchev–Trinajstić information content (AvgIpc) is 2.83. The molecule has 0 aliphatic carbocycles. The van der Waals surface area contributed by atoms with Gasteiger partial charge in [0.1, 0.15) is 0 Å². The van der Waals surface area contributed by atoms with Crippen molar-refractivity contribution in [1.82, 2.24) is 14.9 Å². The van der Waals surface area contributed by atoms with Crippen molar-refractivity contribution in [3.63, 3.8) is 0 Å². The van der Waals surface area contributed by atoms with Crippen molar-refractivity contribution in [3.8, 4) is 0 Å². The molecular weight excluding hydrogens is 303 g/mol. The van der Waals surface area contributed by atoms with E-state index in [4.69, 9.17) is 5.11 Å². The molecule has 1 rings (SSSR count). The topological polar surface area (TPSA) is 87.4 Å². The van der Waals surface area contributed by atoms with Crippen LogP contribution >= 0.6 is 0 Å². The fourth-order valence-corrected chi connectivity index (χ4v) is 2.12. The van der Waals surface area contributed by atoms with E-state index in [9.17, 15) is 23.1 Å². The molecule has 9 heteroatoms. The molecule has 1 aromatic rings. The first-order valence-electron chi connectivity index (χ1n) is 6.82. The second kappa shape index (κ2) is 7.10. The zero-order chi connectivity index (χ0) is 17.0. The predicted molar refractivity (Wildman–Crippen MR) is 71.7 cm³/mol. The van der Waals surface area contributed by atoms with Gasteiger partial charge in [-0.3, -0.25) is 4.79 Å². The summed E-state index contributed by atoms with van der Waals surface area (Å²) in [4.78, 5) is 15.4. The van der Waals surface area contributed by atoms with Crippen LogP contribution in [0, 0.1) is 0 Å². The Morgan fingerprint density at radius 2 is 2.14 bits per heavy atom. The normalized spacial score (nSPS) is 16.1. The molecule has 0 aromatic carbocycles. The van der Waals surface area contributed by atoms with Gasteiger partial charge in [0.05, 0.1) is 6.42 Å². The first-order chi connectivity index (χ1) is 10.2. The van der Waals surface area contributed by atoms with Gasteiger partial charge in [-0.25, -0.2) is 4.98 Å². The van der Waals surface area contributed by atoms with Crippen molar-refractivity contribution in [1.29, 1.82) is 0 Å². The highest BCUT2D eigenvalue weighted by Crippen LogP contribution is 2.40. The van der Waals surface area contributed by atoms with E-state index in [1.54, 1.807) is 6.92 Å². The Balaban J connectivity index is 2.97. The van der Waals surface area contributed by atoms with Crippen molar-refractivity contribution in [3.05, 3.63) is 18.2 Å². The summed E-state index contributed by atoms with van der Waals surface area (Å²) in [7, 11) is 1.30. The summed E-state index contributed by atoms with van der Waals surface area (Å²) in [5, 5.41) is 21.3. The number of halogens is 3. The van der Waals surface area contributed by atoms with Gasteiger partial charge in [-0.2, -0.15) is 13.2 Å². The number of nitrogens with one attached hydrogen (secondary N) is 1. The van der Waals surface area contributed by atoms with Crippen LogP contribution in [0.5, 0.6) is 0 Å². The first kappa shape index (κ1) is 18.4. The molecule has 6 nitrogen and oxygen atoms in total. The van der Waals surface area contributed by atoms with Crippen LogP contribution in [0.3, 0.4) is 0 Å². The van der Waals surface area contributed by atoms with E-state index < -0.39 is 36.0 Å². The lowest BCUT2D eigenvalue weighted by Gasteiger charge is -2.30. The minimum atomic E-state index is -5.05. The number of imidazole rings is 1. The van der Waals surface area contributed by atoms with Gasteiger partial charge in [0.15, 0.2) is 5.82 Å². The molecule has 0 aliphatic rings. The molecule has 0 saturated carbocycles. The highest BCUT2D eigenvalue weighted by Gasteiger charge is 2.58. The number of rotatable bonds is 7. The molecule has 0 fully saturated rings. The Kier molecular flexibility index (Phi) is 5.95. The standard InChI is InChI=1S/C13H20F3N3O3/c1-3-9(4-7-20)18-10(21)8-12(22,13(14,15)16)11-17-5-6-19(11)2/h5-6,9,20,22H,3-4,7-8H2,1-2H3,(H,18,21). The number of aryl methyl sites for hydroxylation is 1. The monoisotopic (exact) mass is 323 g/mol. The van der Waals surface area contributed by atoms with Crippen LogP contribution < -0.4 is 5.32 Å². The highest BCUT2D eigenvalue weighted by molar-refractivity contribution is 5.77. The molecule has 0 bridgehead atoms. The molecule has 0 radical (unpaired) electrons. The Hall–Kier alpha value is -1.61. The van der Waals surface area contributed by atoms with E-state index >= 15 is 0 Å². The quantitative estimate of drug-likeness (QED) is 0.694. The summed E-state index contributed by atoms with van der Waals surface area (Å²) < 4.78 is 40.8. The maximum absolute atomic E-state index is 13.3. The minimum absolute atomic E-state index is 0.193. The van der Waals surface area contributed by atoms with Crippen molar-refractivity contribution in [2.24, 2.45) is 7.05 Å². The number of carbonyl (C=O) groups is 1. The van der Waals surface area contributed by atoms with Crippen LogP contribution in [0.2, 0.25) is 0 Å². The number of carbonyl (C=O) groups excluding carboxylic acids is 1. The Bertz CT molecular complexity index is 504. The number of aliphatic hydroxyl groups excluding tert-OH is 1. The van der Waals surface area contributed by atoms with Crippen molar-refractivity contribution >= 4 is 5.91 Å². The third kappa shape index (κ3) is 3.98. The van der Waals surface area contributed by atoms with Crippen LogP contribution in [0.15, 0.2) is 12.4 Å². The lowest BCUT2D eigenvalue weighted by Crippen LogP contribution is -2.49. The van der Waals surface area contributed by atoms with Crippen LogP contribution in [0.1, 0.15) is 32.0 Å². The first-order valence-corrected chi connectivity index (χ1v) is 6.82. The SMILES string of the molecule is CCC(CCO)NC(=O)CC(O)(c1nccn1C)C(F)(F)F. The number of alkyl halides is 3. The smallest absolute Gasteiger partial charge is 0.396 e. The Morgan fingerprint density at radius 3 is 2.55 bits per heavy atom. The Labute approximate surface area is 126 Å². The number of aromatic nitrogens is 2. The fourth-order valence-electron chi connectivity index (χ4n) is 2.12. The molecule has 0 spiro atoms. The van der Waals surface area contributed by atoms with Crippen molar-refractivity contribution in [2.45, 2.75) is 44.0 Å². The molecule has 22 heavy (non-hydrogen) atoms. The van der Waals surface area contributed by atoms with Gasteiger partial charge in [-0.15, -0.1) is 0 Å². The Morgan fingerprint density at radius 1 is 1.50 bits per heavy atom. The lowest BCUT2D eigenvalue weighted by molar-refractivity contribution is -0.271. The molecule has 1 amide bonds. The summed E-state index contributed by atoms with van der Waals surface area (Å²) in [6.07, 6.45) is -3.19. The van der Waals surface area contributed by atoms with Crippen molar-refractivity contribution in [2.75, 3.05) is 6.61 Å². The van der Waals surface area contributed by atoms with Gasteiger partial charge >= 0.3 is 6.18 Å². The number of amides is 1. The second-order valence-corrected chi connectivity index (χ2v) is 5.08. The number of hydrogen-bond acceptors (Lipinski definition) is 4. The molecule has 3 N–H and O–H groups in total. The van der Waals surface area contributed by atoms with Crippen LogP contribution in [0.25, 0.3) is 0 Å². The molecule has 2 unspecified atom stereocenters. The third-order valence-corrected chi connectivity index (χ3v) is 3.41. The third-order valence-electron chi connectivity index (χ3n) is 3.41. The van der Waals surface area contributed by atoms with Crippen LogP contribution in [0.4, 0.5) is 13.2 Å². The van der Waals surface area contributed by atoms with Crippen LogP contribution in [-0.4, -0.2) is 44.5 Å². The molecular formula is C13H20F3N3O3. The van der Waals surface area contributed by atoms with E-state index in [1.807, 2.05) is 0 Å². The molecule has 0 aliphatic heterocycles. The number of nitrogens with zero attached hydrogens (tertiary/aromatic N) is 2. The van der Waals surface area contributed by atoms with Crippen LogP contribution in [-0.2, 0) is 17.4 Å². The fraction of sp³-hybridized carbons (Fsp3) is 0.692. The maximum Gasteiger partial charge on any atom is 0.425 e. The average molecular weight is 323 g/mol. The summed E-state index contributed by atoms with van der Waals surface area (Å²) in [6.45, 7) is 1.54. The summed E-state index contributed by atoms with van der Waals surface area (Å²) in [5.41, 5.74) is -3.37. The molecule has 1 heterocycles. The predicted octanol–water partition coefficient (Wildman–Crippen LogP) is 0.837. The van der Waals surface area contributed by atoms with Gasteiger partial charge in [0, 0.05) is 32.1 Å². The largest absolute Gasteiger partial charge is 0.425 e. The molecule has 126 valence electrons. The van der Waals surface area contributed by atoms with E-state index in [-0.39, 0.29) is 13.0 Å². The molecule has 0 saturated heterocycles. The van der Waals surface area contributed by atoms with Gasteiger partial charge in [-0.1, -0.05) is 6.92 Å². The molecule has 1 aromatic heterocycles. The zero-order valence-electron chi connectivity index (χ0n) is 12.4. The lowest BCUT2D eigenvalue weighted by atomic mass is 9.96. The molecule has 2 atom stereocenters. The van der Waals surface area contributed by atoms with Crippen molar-refractivity contribution < 1.29 is 28.2 Å². The van der Waals surface area contributed by atoms with E-state index in [0.29, 0.717) is 6.42 Å². The second-order valence-electron chi connectivity index (χ2n) is 5.08. The number of aliphatic hydroxyl groups is 2. The van der Waals surface area contributed by atoms with E-state index in [1.165, 1.54) is 13.2 Å². The van der Waals surface area contributed by atoms with Gasteiger partial charge < -0.3 is 20.1 Å². The van der Waals surface area contributed by atoms with E-state index in [2.05, 4.69) is 10.3 Å². The summed E-state index contributed by atoms with van der Waals surface area (Å²) >= 11 is 0. The van der Waals surface area contributed by atoms with Gasteiger partial charge in [0.2, 0.25) is 11.5 Å². The van der Waals surface area contributed by atoms with Gasteiger partial charge in [-0.05, 0) is 12.8 Å². The highest BCUT2D eigenvalue weighted by atomic mass is 19.4. The minimum Gasteiger partial charge on any atom is -0.396 e. The summed E-state index contributed by atoms with van der Waals surface area (Å²) in [5.74, 6) is -1.60. The zero-order valence-corrected chi connectivity index (χ0v) is 12.4. The maximum atomic E-state index is 13.3. The van der Waals surface area contributed by atoms with Gasteiger partial charge in [0.25, 0.3) is 0 Å².